The highest BCUT2D eigenvalue weighted by molar-refractivity contribution is 5.74. The molecule has 0 aromatic rings. The minimum Gasteiger partial charge on any atom is -0.480 e. The maximum absolute atomic E-state index is 10.1. The van der Waals surface area contributed by atoms with E-state index in [1.54, 1.807) is 0 Å². The first kappa shape index (κ1) is 53.9. The predicted octanol–water partition coefficient (Wildman–Crippen LogP) is -5.72. The summed E-state index contributed by atoms with van der Waals surface area (Å²) in [7, 11) is 0. The van der Waals surface area contributed by atoms with Crippen molar-refractivity contribution >= 4 is 35.8 Å². The molecule has 0 heterocycles. The molecule has 0 amide bonds. The Morgan fingerprint density at radius 3 is 0.889 bits per heavy atom. The summed E-state index contributed by atoms with van der Waals surface area (Å²) in [6.07, 6.45) is 3.35. The average Bonchev–Trinajstić information content (AvgIpc) is 2.97. The number of carboxylic acid groups (broad SMARTS) is 6. The first-order valence-corrected chi connectivity index (χ1v) is 13.1. The van der Waals surface area contributed by atoms with Gasteiger partial charge in [0.1, 0.15) is 24.2 Å². The Kier molecular flexibility index (Phi) is 46.1. The fourth-order valence-electron chi connectivity index (χ4n) is 1.55. The Morgan fingerprint density at radius 2 is 0.800 bits per heavy atom. The van der Waals surface area contributed by atoms with Crippen LogP contribution in [0.4, 0.5) is 0 Å². The number of unbranched alkanes of at least 4 members (excludes halogenated alkanes) is 2. The van der Waals surface area contributed by atoms with Gasteiger partial charge in [-0.15, -0.1) is 0 Å². The summed E-state index contributed by atoms with van der Waals surface area (Å²) in [6, 6.07) is -3.71. The maximum atomic E-state index is 10.1. The number of carboxylic acids is 6. The minimum absolute atomic E-state index is 0.278. The summed E-state index contributed by atoms with van der Waals surface area (Å²) < 4.78 is 0. The van der Waals surface area contributed by atoms with Crippen LogP contribution in [-0.4, -0.2) is 140 Å². The summed E-state index contributed by atoms with van der Waals surface area (Å²) in [4.78, 5) is 58.3. The zero-order valence-electron chi connectivity index (χ0n) is 25.3. The number of aliphatic hydroxyl groups is 2. The molecule has 24 N–H and O–H groups in total. The van der Waals surface area contributed by atoms with Gasteiger partial charge in [0, 0.05) is 0 Å². The van der Waals surface area contributed by atoms with E-state index in [1.807, 2.05) is 0 Å². The largest absolute Gasteiger partial charge is 0.480 e. The predicted molar refractivity (Wildman–Crippen MR) is 160 cm³/mol. The number of rotatable bonds is 16. The quantitative estimate of drug-likeness (QED) is 0.0682. The molecule has 0 saturated heterocycles. The molecule has 0 spiro atoms. The molecule has 5 unspecified atom stereocenters. The lowest BCUT2D eigenvalue weighted by atomic mass is 10.1. The van der Waals surface area contributed by atoms with Crippen molar-refractivity contribution in [2.24, 2.45) is 45.9 Å². The van der Waals surface area contributed by atoms with E-state index in [-0.39, 0.29) is 13.1 Å². The molecule has 45 heavy (non-hydrogen) atoms. The second kappa shape index (κ2) is 38.4. The summed E-state index contributed by atoms with van der Waals surface area (Å²) in [5.41, 5.74) is 39.7. The Hall–Kier alpha value is -3.58. The standard InChI is InChI=1S/2C6H14N2O2.C4H9NO3.C3H7NO3.2C2H5NO2/c2*7-4-2-1-3-5(8)6(9)10;1-2(6)3(5)4(7)8;4-2(1-5)3(6)7;2*3-1-2(4)5/h2*5H,1-4,7-8H2,(H,9,10);2-3,6H,5H2,1H3,(H,7,8);2,5H,1,4H2,(H,6,7);2*1,3H2,(H,4,5). The molecule has 0 aromatic heterocycles. The Bertz CT molecular complexity index is 738. The molecule has 0 aliphatic carbocycles. The van der Waals surface area contributed by atoms with E-state index in [1.165, 1.54) is 6.92 Å². The third kappa shape index (κ3) is 56.8. The van der Waals surface area contributed by atoms with Crippen LogP contribution in [0.1, 0.15) is 45.4 Å². The van der Waals surface area contributed by atoms with Crippen molar-refractivity contribution < 1.29 is 69.6 Å². The minimum atomic E-state index is -1.18. The van der Waals surface area contributed by atoms with Gasteiger partial charge in [-0.25, -0.2) is 0 Å². The van der Waals surface area contributed by atoms with Crippen LogP contribution in [0.3, 0.4) is 0 Å². The number of hydrogen-bond donors (Lipinski definition) is 16. The van der Waals surface area contributed by atoms with Crippen LogP contribution in [0.2, 0.25) is 0 Å². The Balaban J connectivity index is -0.000000103. The van der Waals surface area contributed by atoms with Gasteiger partial charge in [0.15, 0.2) is 0 Å². The summed E-state index contributed by atoms with van der Waals surface area (Å²) in [5.74, 6) is -6.16. The van der Waals surface area contributed by atoms with Gasteiger partial charge in [-0.05, 0) is 45.7 Å². The van der Waals surface area contributed by atoms with Crippen molar-refractivity contribution in [1.82, 2.24) is 0 Å². The molecule has 270 valence electrons. The van der Waals surface area contributed by atoms with Crippen molar-refractivity contribution in [2.45, 2.75) is 75.7 Å². The van der Waals surface area contributed by atoms with Crippen LogP contribution in [0.25, 0.3) is 0 Å². The monoisotopic (exact) mass is 666 g/mol. The number of nitrogens with two attached hydrogens (primary N) is 8. The van der Waals surface area contributed by atoms with Crippen LogP contribution in [0.15, 0.2) is 0 Å². The SMILES string of the molecule is CC(O)C(N)C(=O)O.NC(CO)C(=O)O.NCC(=O)O.NCC(=O)O.NCCCCC(N)C(=O)O.NCCCCC(N)C(=O)O. The molecule has 0 aliphatic heterocycles. The first-order chi connectivity index (χ1) is 20.6. The van der Waals surface area contributed by atoms with E-state index in [2.05, 4.69) is 11.5 Å². The van der Waals surface area contributed by atoms with Gasteiger partial charge in [-0.3, -0.25) is 28.8 Å². The summed E-state index contributed by atoms with van der Waals surface area (Å²) in [5, 5.41) is 64.3. The van der Waals surface area contributed by atoms with Gasteiger partial charge in [-0.1, -0.05) is 12.8 Å². The molecule has 0 saturated carbocycles. The Morgan fingerprint density at radius 1 is 0.533 bits per heavy atom. The van der Waals surface area contributed by atoms with Crippen LogP contribution < -0.4 is 45.9 Å². The lowest BCUT2D eigenvalue weighted by Crippen LogP contribution is -2.39. The normalized spacial score (nSPS) is 12.6. The van der Waals surface area contributed by atoms with E-state index in [0.29, 0.717) is 25.9 Å². The van der Waals surface area contributed by atoms with Crippen molar-refractivity contribution in [3.8, 4) is 0 Å². The van der Waals surface area contributed by atoms with E-state index in [0.717, 1.165) is 25.7 Å². The topological polar surface area (TPSA) is 472 Å². The number of hydrogen-bond acceptors (Lipinski definition) is 16. The zero-order chi connectivity index (χ0) is 37.1. The molecule has 0 bridgehead atoms. The molecule has 5 atom stereocenters. The van der Waals surface area contributed by atoms with E-state index < -0.39 is 72.7 Å². The smallest absolute Gasteiger partial charge is 0.323 e. The van der Waals surface area contributed by atoms with Crippen molar-refractivity contribution in [3.63, 3.8) is 0 Å². The molecule has 0 rings (SSSR count). The molecule has 0 fully saturated rings. The highest BCUT2D eigenvalue weighted by Gasteiger charge is 2.16. The molecule has 0 aromatic carbocycles. The Labute approximate surface area is 260 Å². The first-order valence-electron chi connectivity index (χ1n) is 13.1. The molecule has 0 radical (unpaired) electrons. The molecule has 22 heteroatoms. The second-order valence-electron chi connectivity index (χ2n) is 8.39. The molecular weight excluding hydrogens is 612 g/mol. The molecule has 22 nitrogen and oxygen atoms in total. The van der Waals surface area contributed by atoms with Gasteiger partial charge in [-0.2, -0.15) is 0 Å². The maximum Gasteiger partial charge on any atom is 0.323 e. The highest BCUT2D eigenvalue weighted by Crippen LogP contribution is 1.97. The van der Waals surface area contributed by atoms with Crippen LogP contribution in [-0.2, 0) is 28.8 Å². The van der Waals surface area contributed by atoms with E-state index >= 15 is 0 Å². The van der Waals surface area contributed by atoms with Gasteiger partial charge >= 0.3 is 35.8 Å². The second-order valence-corrected chi connectivity index (χ2v) is 8.39. The summed E-state index contributed by atoms with van der Waals surface area (Å²) >= 11 is 0. The van der Waals surface area contributed by atoms with Crippen LogP contribution in [0.5, 0.6) is 0 Å². The lowest BCUT2D eigenvalue weighted by molar-refractivity contribution is -0.141. The van der Waals surface area contributed by atoms with E-state index in [9.17, 15) is 28.8 Å². The fraction of sp³-hybridized carbons (Fsp3) is 0.739. The summed E-state index contributed by atoms with van der Waals surface area (Å²) in [6.45, 7) is 1.48. The fourth-order valence-corrected chi connectivity index (χ4v) is 1.55. The molecule has 0 aliphatic rings. The highest BCUT2D eigenvalue weighted by atomic mass is 16.4. The van der Waals surface area contributed by atoms with E-state index in [4.69, 9.17) is 75.3 Å². The van der Waals surface area contributed by atoms with Crippen molar-refractivity contribution in [2.75, 3.05) is 32.8 Å². The zero-order valence-corrected chi connectivity index (χ0v) is 25.3. The third-order valence-electron chi connectivity index (χ3n) is 4.24. The number of aliphatic carboxylic acids is 6. The average molecular weight is 667 g/mol. The van der Waals surface area contributed by atoms with Crippen molar-refractivity contribution in [1.29, 1.82) is 0 Å². The van der Waals surface area contributed by atoms with Crippen LogP contribution in [0, 0.1) is 0 Å². The number of carbonyl (C=O) groups is 6. The lowest BCUT2D eigenvalue weighted by Gasteiger charge is -2.06. The number of aliphatic hydroxyl groups excluding tert-OH is 2. The van der Waals surface area contributed by atoms with Crippen LogP contribution >= 0.6 is 0 Å². The van der Waals surface area contributed by atoms with Gasteiger partial charge < -0.3 is 86.7 Å². The van der Waals surface area contributed by atoms with Crippen molar-refractivity contribution in [3.05, 3.63) is 0 Å². The third-order valence-corrected chi connectivity index (χ3v) is 4.24. The van der Waals surface area contributed by atoms with Gasteiger partial charge in [0.05, 0.1) is 25.8 Å². The van der Waals surface area contributed by atoms with Gasteiger partial charge in [0.25, 0.3) is 0 Å². The molecular formula is C23H54N8O14. The van der Waals surface area contributed by atoms with Gasteiger partial charge in [0.2, 0.25) is 0 Å².